The fraction of sp³-hybridized carbons (Fsp3) is 0.650. The molecule has 2 unspecified atom stereocenters. The number of aliphatic hydroxyl groups is 1. The number of amides is 1. The minimum Gasteiger partial charge on any atom is -0.387 e. The van der Waals surface area contributed by atoms with Gasteiger partial charge in [-0.15, -0.1) is 0 Å². The van der Waals surface area contributed by atoms with Crippen LogP contribution in [-0.4, -0.2) is 42.1 Å². The van der Waals surface area contributed by atoms with Crippen LogP contribution in [0.15, 0.2) is 24.3 Å². The summed E-state index contributed by atoms with van der Waals surface area (Å²) >= 11 is 0. The van der Waals surface area contributed by atoms with E-state index in [0.717, 1.165) is 38.0 Å². The molecule has 1 heterocycles. The van der Waals surface area contributed by atoms with E-state index in [4.69, 9.17) is 0 Å². The molecular weight excluding hydrogens is 300 g/mol. The van der Waals surface area contributed by atoms with Crippen LogP contribution in [0.3, 0.4) is 0 Å². The number of likely N-dealkylation sites (tertiary alicyclic amines) is 1. The lowest BCUT2D eigenvalue weighted by atomic mass is 9.93. The highest BCUT2D eigenvalue weighted by Crippen LogP contribution is 2.21. The molecule has 134 valence electrons. The Morgan fingerprint density at radius 1 is 1.33 bits per heavy atom. The first-order valence-corrected chi connectivity index (χ1v) is 9.01. The van der Waals surface area contributed by atoms with Gasteiger partial charge in [0.15, 0.2) is 0 Å². The number of rotatable bonds is 5. The van der Waals surface area contributed by atoms with E-state index in [1.54, 1.807) is 0 Å². The van der Waals surface area contributed by atoms with Crippen molar-refractivity contribution in [1.29, 1.82) is 0 Å². The molecule has 1 aromatic rings. The lowest BCUT2D eigenvalue weighted by Gasteiger charge is -2.34. The van der Waals surface area contributed by atoms with Crippen molar-refractivity contribution in [1.82, 2.24) is 10.2 Å². The minimum atomic E-state index is -0.450. The Bertz CT molecular complexity index is 534. The first-order chi connectivity index (χ1) is 11.3. The van der Waals surface area contributed by atoms with Crippen molar-refractivity contribution in [2.75, 3.05) is 26.2 Å². The molecule has 2 N–H and O–H groups in total. The molecule has 2 rings (SSSR count). The van der Waals surface area contributed by atoms with Crippen molar-refractivity contribution in [3.8, 4) is 0 Å². The van der Waals surface area contributed by atoms with Crippen LogP contribution in [0.4, 0.5) is 0 Å². The predicted octanol–water partition coefficient (Wildman–Crippen LogP) is 2.90. The Labute approximate surface area is 146 Å². The monoisotopic (exact) mass is 332 g/mol. The van der Waals surface area contributed by atoms with Crippen molar-refractivity contribution in [3.05, 3.63) is 35.4 Å². The van der Waals surface area contributed by atoms with Gasteiger partial charge in [-0.1, -0.05) is 50.6 Å². The van der Waals surface area contributed by atoms with Gasteiger partial charge in [-0.3, -0.25) is 4.79 Å². The van der Waals surface area contributed by atoms with E-state index in [1.807, 2.05) is 45.0 Å². The normalized spacial score (nSPS) is 20.6. The summed E-state index contributed by atoms with van der Waals surface area (Å²) in [4.78, 5) is 14.3. The van der Waals surface area contributed by atoms with Crippen molar-refractivity contribution in [2.24, 2.45) is 11.3 Å². The second-order valence-corrected chi connectivity index (χ2v) is 8.15. The molecule has 4 nitrogen and oxygen atoms in total. The summed E-state index contributed by atoms with van der Waals surface area (Å²) in [6.07, 6.45) is 1.81. The molecule has 1 fully saturated rings. The third-order valence-electron chi connectivity index (χ3n) is 4.73. The SMILES string of the molecule is Cc1ccc(C(O)CN2CCCC(CNC(=O)C(C)(C)C)C2)cc1. The molecule has 1 aromatic carbocycles. The van der Waals surface area contributed by atoms with Gasteiger partial charge < -0.3 is 15.3 Å². The van der Waals surface area contributed by atoms with Crippen molar-refractivity contribution in [3.63, 3.8) is 0 Å². The molecule has 0 aliphatic carbocycles. The topological polar surface area (TPSA) is 52.6 Å². The standard InChI is InChI=1S/C20H32N2O2/c1-15-7-9-17(10-8-15)18(23)14-22-11-5-6-16(13-22)12-21-19(24)20(2,3)4/h7-10,16,18,23H,5-6,11-14H2,1-4H3,(H,21,24). The number of carbonyl (C=O) groups excluding carboxylic acids is 1. The van der Waals surface area contributed by atoms with Crippen LogP contribution in [0.25, 0.3) is 0 Å². The van der Waals surface area contributed by atoms with Crippen molar-refractivity contribution in [2.45, 2.75) is 46.6 Å². The Balaban J connectivity index is 1.82. The van der Waals surface area contributed by atoms with Gasteiger partial charge in [-0.25, -0.2) is 0 Å². The van der Waals surface area contributed by atoms with Crippen LogP contribution >= 0.6 is 0 Å². The Morgan fingerprint density at radius 3 is 2.62 bits per heavy atom. The number of nitrogens with zero attached hydrogens (tertiary/aromatic N) is 1. The maximum atomic E-state index is 12.0. The third-order valence-corrected chi connectivity index (χ3v) is 4.73. The van der Waals surface area contributed by atoms with Crippen molar-refractivity contribution >= 4 is 5.91 Å². The Hall–Kier alpha value is -1.39. The van der Waals surface area contributed by atoms with Gasteiger partial charge in [-0.2, -0.15) is 0 Å². The summed E-state index contributed by atoms with van der Waals surface area (Å²) in [5, 5.41) is 13.5. The van der Waals surface area contributed by atoms with Gasteiger partial charge >= 0.3 is 0 Å². The zero-order valence-electron chi connectivity index (χ0n) is 15.5. The fourth-order valence-corrected chi connectivity index (χ4v) is 3.12. The smallest absolute Gasteiger partial charge is 0.225 e. The number of piperidine rings is 1. The molecule has 4 heteroatoms. The molecule has 1 amide bonds. The van der Waals surface area contributed by atoms with E-state index in [0.29, 0.717) is 12.5 Å². The van der Waals surface area contributed by atoms with E-state index in [-0.39, 0.29) is 11.3 Å². The summed E-state index contributed by atoms with van der Waals surface area (Å²) < 4.78 is 0. The lowest BCUT2D eigenvalue weighted by molar-refractivity contribution is -0.128. The Kier molecular flexibility index (Phi) is 6.41. The van der Waals surface area contributed by atoms with Crippen LogP contribution < -0.4 is 5.32 Å². The number of benzene rings is 1. The molecule has 1 saturated heterocycles. The maximum absolute atomic E-state index is 12.0. The minimum absolute atomic E-state index is 0.110. The highest BCUT2D eigenvalue weighted by Gasteiger charge is 2.25. The largest absolute Gasteiger partial charge is 0.387 e. The summed E-state index contributed by atoms with van der Waals surface area (Å²) in [5.41, 5.74) is 1.85. The number of hydrogen-bond donors (Lipinski definition) is 2. The van der Waals surface area contributed by atoms with Crippen LogP contribution in [0.1, 0.15) is 50.8 Å². The van der Waals surface area contributed by atoms with E-state index < -0.39 is 6.10 Å². The quantitative estimate of drug-likeness (QED) is 0.872. The van der Waals surface area contributed by atoms with Crippen molar-refractivity contribution < 1.29 is 9.90 Å². The number of aryl methyl sites for hydroxylation is 1. The molecule has 1 aliphatic rings. The summed E-state index contributed by atoms with van der Waals surface area (Å²) in [6.45, 7) is 11.2. The first kappa shape index (κ1) is 18.9. The molecule has 0 aromatic heterocycles. The summed E-state index contributed by atoms with van der Waals surface area (Å²) in [6, 6.07) is 8.09. The Morgan fingerprint density at radius 2 is 2.00 bits per heavy atom. The van der Waals surface area contributed by atoms with E-state index in [2.05, 4.69) is 17.1 Å². The third kappa shape index (κ3) is 5.60. The summed E-state index contributed by atoms with van der Waals surface area (Å²) in [5.74, 6) is 0.578. The number of hydrogen-bond acceptors (Lipinski definition) is 3. The van der Waals surface area contributed by atoms with E-state index >= 15 is 0 Å². The molecule has 0 radical (unpaired) electrons. The molecule has 0 spiro atoms. The van der Waals surface area contributed by atoms with Gasteiger partial charge in [0.25, 0.3) is 0 Å². The average Bonchev–Trinajstić information content (AvgIpc) is 2.52. The highest BCUT2D eigenvalue weighted by atomic mass is 16.3. The van der Waals surface area contributed by atoms with Crippen LogP contribution in [-0.2, 0) is 4.79 Å². The average molecular weight is 332 g/mol. The number of nitrogens with one attached hydrogen (secondary N) is 1. The molecule has 0 bridgehead atoms. The molecule has 0 saturated carbocycles. The van der Waals surface area contributed by atoms with Gasteiger partial charge in [0, 0.05) is 25.0 Å². The second-order valence-electron chi connectivity index (χ2n) is 8.15. The van der Waals surface area contributed by atoms with Gasteiger partial charge in [0.1, 0.15) is 0 Å². The number of carbonyl (C=O) groups is 1. The van der Waals surface area contributed by atoms with Crippen LogP contribution in [0.5, 0.6) is 0 Å². The molecule has 2 atom stereocenters. The summed E-state index contributed by atoms with van der Waals surface area (Å²) in [7, 11) is 0. The zero-order chi connectivity index (χ0) is 17.7. The number of aliphatic hydroxyl groups excluding tert-OH is 1. The van der Waals surface area contributed by atoms with Gasteiger partial charge in [0.2, 0.25) is 5.91 Å². The zero-order valence-corrected chi connectivity index (χ0v) is 15.5. The van der Waals surface area contributed by atoms with Gasteiger partial charge in [-0.05, 0) is 37.8 Å². The highest BCUT2D eigenvalue weighted by molar-refractivity contribution is 5.81. The van der Waals surface area contributed by atoms with Gasteiger partial charge in [0.05, 0.1) is 6.10 Å². The maximum Gasteiger partial charge on any atom is 0.225 e. The second kappa shape index (κ2) is 8.13. The first-order valence-electron chi connectivity index (χ1n) is 9.01. The number of β-amino-alcohol motifs (C(OH)–C–C–N with tert-alkyl or cyclic N) is 1. The molecular formula is C20H32N2O2. The van der Waals surface area contributed by atoms with Crippen LogP contribution in [0, 0.1) is 18.3 Å². The molecule has 1 aliphatic heterocycles. The lowest BCUT2D eigenvalue weighted by Crippen LogP contribution is -2.44. The predicted molar refractivity (Wildman–Crippen MR) is 97.8 cm³/mol. The van der Waals surface area contributed by atoms with E-state index in [9.17, 15) is 9.90 Å². The fourth-order valence-electron chi connectivity index (χ4n) is 3.12. The van der Waals surface area contributed by atoms with E-state index in [1.165, 1.54) is 5.56 Å². The van der Waals surface area contributed by atoms with Crippen LogP contribution in [0.2, 0.25) is 0 Å². The molecule has 24 heavy (non-hydrogen) atoms.